The molecule has 266 valence electrons. The number of hydrogen-bond donors (Lipinski definition) is 1. The van der Waals surface area contributed by atoms with E-state index in [9.17, 15) is 9.18 Å². The smallest absolute Gasteiger partial charge is 0.321 e. The average Bonchev–Trinajstić information content (AvgIpc) is 3.75. The Morgan fingerprint density at radius 1 is 0.957 bits per heavy atom. The summed E-state index contributed by atoms with van der Waals surface area (Å²) in [4.78, 5) is 13.2. The molecule has 2 heterocycles. The maximum atomic E-state index is 11.9. The van der Waals surface area contributed by atoms with E-state index >= 15 is 0 Å². The number of nitrogens with zero attached hydrogens (tertiary/aromatic N) is 3. The van der Waals surface area contributed by atoms with Crippen LogP contribution in [0.15, 0.2) is 65.3 Å². The van der Waals surface area contributed by atoms with Crippen LogP contribution < -0.4 is 0 Å². The van der Waals surface area contributed by atoms with Gasteiger partial charge in [-0.05, 0) is 97.6 Å². The minimum Gasteiger partial charge on any atom is -0.480 e. The molecule has 3 unspecified atom stereocenters. The molecule has 3 atom stereocenters. The largest absolute Gasteiger partial charge is 0.480 e. The van der Waals surface area contributed by atoms with Gasteiger partial charge in [-0.3, -0.25) is 9.69 Å². The zero-order valence-electron chi connectivity index (χ0n) is 31.1. The lowest BCUT2D eigenvalue weighted by Crippen LogP contribution is -2.43. The van der Waals surface area contributed by atoms with Gasteiger partial charge < -0.3 is 5.11 Å². The molecule has 1 aromatic heterocycles. The summed E-state index contributed by atoms with van der Waals surface area (Å²) in [6.45, 7) is 20.6. The fraction of sp³-hybridized carbons (Fsp3) is 0.625. The van der Waals surface area contributed by atoms with E-state index in [0.717, 1.165) is 42.9 Å². The number of aromatic nitrogens is 2. The first-order valence-corrected chi connectivity index (χ1v) is 18.2. The summed E-state index contributed by atoms with van der Waals surface area (Å²) in [5.41, 5.74) is 3.07. The highest BCUT2D eigenvalue weighted by Gasteiger charge is 2.33. The zero-order valence-corrected chi connectivity index (χ0v) is 31.1. The summed E-state index contributed by atoms with van der Waals surface area (Å²) < 4.78 is 16.6. The molecule has 6 nitrogen and oxygen atoms in total. The molecule has 1 fully saturated rings. The van der Waals surface area contributed by atoms with Crippen LogP contribution in [0.5, 0.6) is 0 Å². The molecule has 0 aliphatic carbocycles. The molecule has 47 heavy (non-hydrogen) atoms. The SMILES string of the molecule is C/C=C\C.CC.CCC1CCN(C(C(=O)O)C(C)C)C1.CCCCC(CCC)CCCc1ccc2nonc2c1.Fc1ccccc1. The monoisotopic (exact) mass is 656 g/mol. The van der Waals surface area contributed by atoms with Crippen molar-refractivity contribution in [3.8, 4) is 0 Å². The predicted molar refractivity (Wildman–Crippen MR) is 197 cm³/mol. The lowest BCUT2D eigenvalue weighted by molar-refractivity contribution is -0.144. The van der Waals surface area contributed by atoms with Crippen LogP contribution in [-0.4, -0.2) is 45.4 Å². The summed E-state index contributed by atoms with van der Waals surface area (Å²) in [5.74, 6) is 0.968. The second-order valence-electron chi connectivity index (χ2n) is 12.3. The maximum Gasteiger partial charge on any atom is 0.321 e. The van der Waals surface area contributed by atoms with Crippen molar-refractivity contribution in [2.24, 2.45) is 17.8 Å². The molecule has 7 heteroatoms. The Labute approximate surface area is 286 Å². The standard InChI is InChI=1S/C17H26N2O.C11H21NO2.C6H5F.C4H8.C2H6/c1-3-5-8-14(7-4-2)9-6-10-15-11-12-16-17(13-15)19-20-18-16;1-4-9-5-6-12(7-9)10(8(2)3)11(13)14;7-6-4-2-1-3-5-6;1-3-4-2;1-2/h11-14H,3-10H2,1-2H3;8-10H,4-7H2,1-3H3,(H,13,14);1-5H;3-4H,1-2H3;1-2H3/b;;;4-3-;. The van der Waals surface area contributed by atoms with E-state index in [2.05, 4.69) is 48.1 Å². The highest BCUT2D eigenvalue weighted by molar-refractivity contribution is 5.74. The van der Waals surface area contributed by atoms with Crippen molar-refractivity contribution in [3.05, 3.63) is 72.1 Å². The van der Waals surface area contributed by atoms with Crippen LogP contribution in [0, 0.1) is 23.6 Å². The van der Waals surface area contributed by atoms with Crippen LogP contribution in [0.2, 0.25) is 0 Å². The Bertz CT molecular complexity index is 1180. The molecular weight excluding hydrogens is 589 g/mol. The second-order valence-corrected chi connectivity index (χ2v) is 12.3. The lowest BCUT2D eigenvalue weighted by atomic mass is 9.91. The van der Waals surface area contributed by atoms with Crippen molar-refractivity contribution in [1.82, 2.24) is 15.2 Å². The number of halogens is 1. The van der Waals surface area contributed by atoms with E-state index in [1.807, 2.05) is 59.8 Å². The van der Waals surface area contributed by atoms with Crippen LogP contribution in [0.4, 0.5) is 4.39 Å². The summed E-state index contributed by atoms with van der Waals surface area (Å²) >= 11 is 0. The minimum absolute atomic E-state index is 0.178. The van der Waals surface area contributed by atoms with Gasteiger partial charge in [-0.25, -0.2) is 9.02 Å². The van der Waals surface area contributed by atoms with Crippen LogP contribution >= 0.6 is 0 Å². The van der Waals surface area contributed by atoms with Gasteiger partial charge in [0.15, 0.2) is 0 Å². The molecule has 4 rings (SSSR count). The third-order valence-corrected chi connectivity index (χ3v) is 8.30. The Morgan fingerprint density at radius 2 is 1.60 bits per heavy atom. The Balaban J connectivity index is 0.000000676. The minimum atomic E-state index is -0.670. The van der Waals surface area contributed by atoms with Crippen molar-refractivity contribution in [1.29, 1.82) is 0 Å². The number of aryl methyl sites for hydroxylation is 1. The molecule has 1 aliphatic rings. The van der Waals surface area contributed by atoms with E-state index in [-0.39, 0.29) is 17.8 Å². The second kappa shape index (κ2) is 28.0. The number of unbranched alkanes of at least 4 members (excludes halogenated alkanes) is 1. The van der Waals surface area contributed by atoms with Crippen LogP contribution in [0.3, 0.4) is 0 Å². The lowest BCUT2D eigenvalue weighted by Gasteiger charge is -2.27. The number of carboxylic acids is 1. The molecule has 3 aromatic rings. The third-order valence-electron chi connectivity index (χ3n) is 8.30. The molecule has 0 bridgehead atoms. The number of carbonyl (C=O) groups is 1. The third kappa shape index (κ3) is 19.4. The molecule has 0 amide bonds. The Hall–Kier alpha value is -3.06. The average molecular weight is 656 g/mol. The fourth-order valence-corrected chi connectivity index (χ4v) is 5.64. The Morgan fingerprint density at radius 3 is 2.09 bits per heavy atom. The number of rotatable bonds is 13. The van der Waals surface area contributed by atoms with Gasteiger partial charge in [0.25, 0.3) is 0 Å². The highest BCUT2D eigenvalue weighted by Crippen LogP contribution is 2.24. The Kier molecular flexibility index (Phi) is 26.2. The molecule has 1 N–H and O–H groups in total. The first kappa shape index (κ1) is 43.9. The number of likely N-dealkylation sites (tertiary alicyclic amines) is 1. The van der Waals surface area contributed by atoms with Crippen molar-refractivity contribution >= 4 is 17.0 Å². The van der Waals surface area contributed by atoms with Crippen LogP contribution in [0.1, 0.15) is 126 Å². The maximum absolute atomic E-state index is 11.9. The quantitative estimate of drug-likeness (QED) is 0.185. The van der Waals surface area contributed by atoms with E-state index in [0.29, 0.717) is 5.92 Å². The molecule has 1 saturated heterocycles. The van der Waals surface area contributed by atoms with Gasteiger partial charge in [-0.2, -0.15) is 0 Å². The van der Waals surface area contributed by atoms with Crippen molar-refractivity contribution in [3.63, 3.8) is 0 Å². The number of carboxylic acid groups (broad SMARTS) is 1. The summed E-state index contributed by atoms with van der Waals surface area (Å²) in [7, 11) is 0. The zero-order chi connectivity index (χ0) is 35.5. The van der Waals surface area contributed by atoms with Gasteiger partial charge in [0, 0.05) is 6.54 Å². The topological polar surface area (TPSA) is 79.5 Å². The number of fused-ring (bicyclic) bond motifs is 1. The molecule has 0 saturated carbocycles. The van der Waals surface area contributed by atoms with Gasteiger partial charge in [0.2, 0.25) is 0 Å². The number of benzene rings is 2. The van der Waals surface area contributed by atoms with Crippen LogP contribution in [-0.2, 0) is 11.2 Å². The number of hydrogen-bond acceptors (Lipinski definition) is 5. The van der Waals surface area contributed by atoms with Gasteiger partial charge >= 0.3 is 5.97 Å². The van der Waals surface area contributed by atoms with Gasteiger partial charge in [0.05, 0.1) is 0 Å². The number of aliphatic carboxylic acids is 1. The predicted octanol–water partition coefficient (Wildman–Crippen LogP) is 11.4. The first-order valence-electron chi connectivity index (χ1n) is 18.2. The van der Waals surface area contributed by atoms with E-state index in [1.165, 1.54) is 69.1 Å². The molecular formula is C40H66FN3O3. The van der Waals surface area contributed by atoms with Gasteiger partial charge in [-0.15, -0.1) is 0 Å². The fourth-order valence-electron chi connectivity index (χ4n) is 5.64. The summed E-state index contributed by atoms with van der Waals surface area (Å²) in [6.07, 6.45) is 16.9. The normalized spacial score (nSPS) is 15.3. The van der Waals surface area contributed by atoms with Gasteiger partial charge in [0.1, 0.15) is 22.9 Å². The summed E-state index contributed by atoms with van der Waals surface area (Å²) in [5, 5.41) is 16.9. The van der Waals surface area contributed by atoms with E-state index < -0.39 is 5.97 Å². The van der Waals surface area contributed by atoms with Crippen molar-refractivity contribution in [2.75, 3.05) is 13.1 Å². The molecule has 2 aromatic carbocycles. The van der Waals surface area contributed by atoms with Gasteiger partial charge in [-0.1, -0.05) is 130 Å². The molecule has 0 spiro atoms. The van der Waals surface area contributed by atoms with Crippen molar-refractivity contribution < 1.29 is 18.9 Å². The van der Waals surface area contributed by atoms with Crippen LogP contribution in [0.25, 0.3) is 11.0 Å². The van der Waals surface area contributed by atoms with E-state index in [1.54, 1.807) is 18.2 Å². The van der Waals surface area contributed by atoms with Crippen molar-refractivity contribution in [2.45, 2.75) is 133 Å². The highest BCUT2D eigenvalue weighted by atomic mass is 19.1. The summed E-state index contributed by atoms with van der Waals surface area (Å²) in [6, 6.07) is 13.9. The van der Waals surface area contributed by atoms with E-state index in [4.69, 9.17) is 9.74 Å². The molecule has 1 aliphatic heterocycles. The first-order chi connectivity index (χ1) is 22.7. The number of allylic oxidation sites excluding steroid dienone is 2. The molecule has 0 radical (unpaired) electrons.